The summed E-state index contributed by atoms with van der Waals surface area (Å²) in [6.45, 7) is 10.2. The molecule has 0 bridgehead atoms. The molecule has 0 aliphatic carbocycles. The summed E-state index contributed by atoms with van der Waals surface area (Å²) in [5.74, 6) is 1.85. The third-order valence-electron chi connectivity index (χ3n) is 13.9. The van der Waals surface area contributed by atoms with Crippen LogP contribution in [0.1, 0.15) is 33.4 Å². The summed E-state index contributed by atoms with van der Waals surface area (Å²) < 4.78 is 4.96. The molecule has 70 heavy (non-hydrogen) atoms. The first-order valence-corrected chi connectivity index (χ1v) is 24.2. The molecule has 0 aliphatic rings. The summed E-state index contributed by atoms with van der Waals surface area (Å²) in [5, 5.41) is 5.11. The van der Waals surface area contributed by atoms with Crippen molar-refractivity contribution in [1.82, 2.24) is 34.1 Å². The van der Waals surface area contributed by atoms with E-state index in [-0.39, 0.29) is 0 Å². The molecular weight excluding hydrogens is 855 g/mol. The molecule has 7 nitrogen and oxygen atoms in total. The Balaban J connectivity index is 1.04. The second-order valence-corrected chi connectivity index (χ2v) is 18.7. The van der Waals surface area contributed by atoms with E-state index < -0.39 is 0 Å². The Morgan fingerprint density at radius 1 is 0.343 bits per heavy atom. The molecule has 12 aromatic rings. The topological polar surface area (TPSA) is 74.3 Å². The van der Waals surface area contributed by atoms with Crippen molar-refractivity contribution < 1.29 is 0 Å². The Morgan fingerprint density at radius 2 is 0.714 bits per heavy atom. The van der Waals surface area contributed by atoms with Crippen LogP contribution in [-0.4, -0.2) is 34.1 Å². The van der Waals surface area contributed by atoms with Gasteiger partial charge in [-0.25, -0.2) is 15.0 Å². The van der Waals surface area contributed by atoms with E-state index in [1.807, 2.05) is 42.7 Å². The molecule has 0 saturated carbocycles. The van der Waals surface area contributed by atoms with Crippen molar-refractivity contribution in [2.24, 2.45) is 0 Å². The number of nitrogens with zero attached hydrogens (tertiary/aromatic N) is 7. The number of rotatable bonds is 11. The number of hydrogen-bond donors (Lipinski definition) is 0. The van der Waals surface area contributed by atoms with Crippen molar-refractivity contribution in [3.8, 4) is 56.7 Å². The highest BCUT2D eigenvalue weighted by atomic mass is 15.0. The molecule has 0 spiro atoms. The van der Waals surface area contributed by atoms with Crippen molar-refractivity contribution >= 4 is 43.6 Å². The highest BCUT2D eigenvalue weighted by Gasteiger charge is 2.23. The van der Waals surface area contributed by atoms with E-state index in [9.17, 15) is 0 Å². The summed E-state index contributed by atoms with van der Waals surface area (Å²) in [6, 6.07) is 62.7. The Kier molecular flexibility index (Phi) is 10.9. The van der Waals surface area contributed by atoms with Crippen LogP contribution in [0.3, 0.4) is 0 Å². The van der Waals surface area contributed by atoms with E-state index in [1.54, 1.807) is 0 Å². The van der Waals surface area contributed by atoms with Gasteiger partial charge >= 0.3 is 0 Å². The van der Waals surface area contributed by atoms with Crippen molar-refractivity contribution in [3.05, 3.63) is 222 Å². The lowest BCUT2D eigenvalue weighted by atomic mass is 9.94. The van der Waals surface area contributed by atoms with E-state index in [2.05, 4.69) is 182 Å². The van der Waals surface area contributed by atoms with E-state index in [0.717, 1.165) is 63.4 Å². The SMILES string of the molecule is Cc1ccc2c(c1)c1cc(C)ccc1n2CCc1c(-c2ccccn2)cccc1-c1nc(-c2ccccc2)nc(-c2cccc(-c3ccccn3)c2CCn2c3ccc(C)cc3c3cc(C)ccc32)n1. The summed E-state index contributed by atoms with van der Waals surface area (Å²) >= 11 is 0. The van der Waals surface area contributed by atoms with Crippen LogP contribution in [0, 0.1) is 27.7 Å². The van der Waals surface area contributed by atoms with Gasteiger partial charge in [0.25, 0.3) is 0 Å². The zero-order chi connectivity index (χ0) is 47.3. The lowest BCUT2D eigenvalue weighted by Gasteiger charge is -2.18. The minimum Gasteiger partial charge on any atom is -0.340 e. The molecule has 5 heterocycles. The maximum atomic E-state index is 5.54. The zero-order valence-corrected chi connectivity index (χ0v) is 39.9. The minimum atomic E-state index is 0.616. The van der Waals surface area contributed by atoms with Gasteiger partial charge in [-0.05, 0) is 124 Å². The molecule has 5 aromatic heterocycles. The van der Waals surface area contributed by atoms with Crippen LogP contribution in [0.15, 0.2) is 188 Å². The molecule has 0 atom stereocenters. The summed E-state index contributed by atoms with van der Waals surface area (Å²) in [7, 11) is 0. The van der Waals surface area contributed by atoms with E-state index in [0.29, 0.717) is 30.3 Å². The number of benzene rings is 7. The molecule has 12 rings (SSSR count). The Labute approximate surface area is 407 Å². The molecule has 0 amide bonds. The van der Waals surface area contributed by atoms with Gasteiger partial charge in [0.15, 0.2) is 17.5 Å². The van der Waals surface area contributed by atoms with Gasteiger partial charge in [0, 0.05) is 96.9 Å². The van der Waals surface area contributed by atoms with E-state index in [4.69, 9.17) is 24.9 Å². The monoisotopic (exact) mass is 905 g/mol. The van der Waals surface area contributed by atoms with E-state index >= 15 is 0 Å². The minimum absolute atomic E-state index is 0.616. The van der Waals surface area contributed by atoms with Crippen LogP contribution in [0.4, 0.5) is 0 Å². The predicted molar refractivity (Wildman–Crippen MR) is 288 cm³/mol. The van der Waals surface area contributed by atoms with Crippen LogP contribution >= 0.6 is 0 Å². The molecule has 7 aromatic carbocycles. The van der Waals surface area contributed by atoms with Gasteiger partial charge in [0.2, 0.25) is 0 Å². The van der Waals surface area contributed by atoms with Crippen LogP contribution < -0.4 is 0 Å². The largest absolute Gasteiger partial charge is 0.340 e. The zero-order valence-electron chi connectivity index (χ0n) is 39.9. The number of hydrogen-bond acceptors (Lipinski definition) is 5. The second-order valence-electron chi connectivity index (χ2n) is 18.7. The molecule has 7 heteroatoms. The van der Waals surface area contributed by atoms with E-state index in [1.165, 1.54) is 65.9 Å². The van der Waals surface area contributed by atoms with Crippen LogP contribution in [0.2, 0.25) is 0 Å². The Morgan fingerprint density at radius 3 is 1.10 bits per heavy atom. The van der Waals surface area contributed by atoms with Gasteiger partial charge in [-0.2, -0.15) is 0 Å². The quantitative estimate of drug-likeness (QED) is 0.129. The molecular formula is C63H51N7. The first-order valence-electron chi connectivity index (χ1n) is 24.2. The molecule has 0 saturated heterocycles. The van der Waals surface area contributed by atoms with Crippen LogP contribution in [0.25, 0.3) is 100 Å². The number of pyridine rings is 2. The maximum Gasteiger partial charge on any atom is 0.164 e. The lowest BCUT2D eigenvalue weighted by Crippen LogP contribution is -2.08. The average Bonchev–Trinajstić information content (AvgIpc) is 3.87. The average molecular weight is 906 g/mol. The smallest absolute Gasteiger partial charge is 0.164 e. The molecule has 0 fully saturated rings. The van der Waals surface area contributed by atoms with Gasteiger partial charge in [0.1, 0.15) is 0 Å². The highest BCUT2D eigenvalue weighted by molar-refractivity contribution is 6.09. The van der Waals surface area contributed by atoms with Gasteiger partial charge in [0.05, 0.1) is 11.4 Å². The Bertz CT molecular complexity index is 3570. The van der Waals surface area contributed by atoms with Crippen LogP contribution in [-0.2, 0) is 25.9 Å². The fourth-order valence-electron chi connectivity index (χ4n) is 10.6. The van der Waals surface area contributed by atoms with Crippen molar-refractivity contribution in [1.29, 1.82) is 0 Å². The maximum absolute atomic E-state index is 5.54. The normalized spacial score (nSPS) is 11.7. The van der Waals surface area contributed by atoms with Crippen molar-refractivity contribution in [3.63, 3.8) is 0 Å². The number of aryl methyl sites for hydroxylation is 6. The molecule has 0 aliphatic heterocycles. The molecule has 0 unspecified atom stereocenters. The first-order chi connectivity index (χ1) is 34.3. The van der Waals surface area contributed by atoms with Gasteiger partial charge in [-0.3, -0.25) is 9.97 Å². The van der Waals surface area contributed by atoms with Crippen molar-refractivity contribution in [2.75, 3.05) is 0 Å². The van der Waals surface area contributed by atoms with Gasteiger partial charge in [-0.15, -0.1) is 0 Å². The third-order valence-corrected chi connectivity index (χ3v) is 13.9. The van der Waals surface area contributed by atoms with Gasteiger partial charge in [-0.1, -0.05) is 125 Å². The third kappa shape index (κ3) is 7.79. The van der Waals surface area contributed by atoms with Crippen molar-refractivity contribution in [2.45, 2.75) is 53.6 Å². The Hall–Kier alpha value is -8.55. The van der Waals surface area contributed by atoms with Crippen LogP contribution in [0.5, 0.6) is 0 Å². The number of fused-ring (bicyclic) bond motifs is 6. The molecule has 0 radical (unpaired) electrons. The second kappa shape index (κ2) is 17.8. The number of aromatic nitrogens is 7. The standard InChI is InChI=1S/C63H51N7/c1-40-22-26-57-51(36-40)52-37-41(2)23-27-58(52)69(57)34-30-45-47(55-20-8-10-32-64-55)16-12-18-49(45)62-66-61(44-14-6-5-7-15-44)67-63(68-62)50-19-13-17-48(56-21-9-11-33-65-56)46(50)31-35-70-59-28-24-42(3)38-53(59)54-39-43(4)25-29-60(54)70/h5-29,32-33,36-39H,30-31,34-35H2,1-4H3. The lowest BCUT2D eigenvalue weighted by molar-refractivity contribution is 0.745. The molecule has 338 valence electrons. The molecule has 0 N–H and O–H groups in total. The fraction of sp³-hybridized carbons (Fsp3) is 0.127. The summed E-state index contributed by atoms with van der Waals surface area (Å²) in [4.78, 5) is 26.1. The first kappa shape index (κ1) is 42.8. The summed E-state index contributed by atoms with van der Waals surface area (Å²) in [5.41, 5.74) is 18.9. The summed E-state index contributed by atoms with van der Waals surface area (Å²) in [6.07, 6.45) is 5.16. The predicted octanol–water partition coefficient (Wildman–Crippen LogP) is 14.9. The highest BCUT2D eigenvalue weighted by Crippen LogP contribution is 2.38. The fourth-order valence-corrected chi connectivity index (χ4v) is 10.6. The van der Waals surface area contributed by atoms with Gasteiger partial charge < -0.3 is 9.13 Å².